The van der Waals surface area contributed by atoms with Crippen LogP contribution in [-0.2, 0) is 21.4 Å². The number of amides is 2. The second-order valence-corrected chi connectivity index (χ2v) is 14.6. The molecule has 0 radical (unpaired) electrons. The monoisotopic (exact) mass is 706 g/mol. The van der Waals surface area contributed by atoms with Gasteiger partial charge in [0.05, 0.1) is 12.7 Å². The molecule has 0 aliphatic carbocycles. The summed E-state index contributed by atoms with van der Waals surface area (Å²) in [5, 5.41) is 22.8. The van der Waals surface area contributed by atoms with Gasteiger partial charge in [-0.2, -0.15) is 0 Å². The Bertz CT molecular complexity index is 1790. The van der Waals surface area contributed by atoms with E-state index in [-0.39, 0.29) is 24.8 Å². The summed E-state index contributed by atoms with van der Waals surface area (Å²) >= 11 is 0. The summed E-state index contributed by atoms with van der Waals surface area (Å²) in [6, 6.07) is 20.3. The van der Waals surface area contributed by atoms with Crippen molar-refractivity contribution in [3.63, 3.8) is 0 Å². The van der Waals surface area contributed by atoms with E-state index in [9.17, 15) is 24.6 Å². The third-order valence-electron chi connectivity index (χ3n) is 9.47. The number of carboxylic acid groups (broad SMARTS) is 1. The van der Waals surface area contributed by atoms with Crippen LogP contribution in [0.15, 0.2) is 85.2 Å². The fourth-order valence-corrected chi connectivity index (χ4v) is 6.35. The molecule has 0 saturated carbocycles. The highest BCUT2D eigenvalue weighted by atomic mass is 16.5. The Morgan fingerprint density at radius 1 is 0.865 bits per heavy atom. The number of β-amino-alcohol motifs (C(OH)–C–C–N with tert-alkyl or cyclic N) is 1. The topological polar surface area (TPSA) is 142 Å². The number of ether oxygens (including phenoxy) is 1. The van der Waals surface area contributed by atoms with Crippen molar-refractivity contribution in [3.05, 3.63) is 102 Å². The average Bonchev–Trinajstić information content (AvgIpc) is 3.55. The van der Waals surface area contributed by atoms with Crippen molar-refractivity contribution in [1.82, 2.24) is 20.2 Å². The third-order valence-corrected chi connectivity index (χ3v) is 9.47. The molecule has 5 rings (SSSR count). The lowest BCUT2D eigenvalue weighted by Crippen LogP contribution is -2.52. The van der Waals surface area contributed by atoms with Gasteiger partial charge in [-0.25, -0.2) is 14.8 Å². The largest absolute Gasteiger partial charge is 0.494 e. The second-order valence-electron chi connectivity index (χ2n) is 14.6. The van der Waals surface area contributed by atoms with Crippen molar-refractivity contribution in [2.45, 2.75) is 96.2 Å². The molecule has 1 saturated heterocycles. The number of unbranched alkanes of at least 4 members (excludes halogenated alkanes) is 4. The Morgan fingerprint density at radius 2 is 1.50 bits per heavy atom. The predicted molar refractivity (Wildman–Crippen MR) is 201 cm³/mol. The Hall–Kier alpha value is -5.09. The molecule has 1 aromatic heterocycles. The molecule has 10 nitrogen and oxygen atoms in total. The number of nitrogens with one attached hydrogen (secondary N) is 1. The lowest BCUT2D eigenvalue weighted by atomic mass is 9.86. The minimum Gasteiger partial charge on any atom is -0.494 e. The van der Waals surface area contributed by atoms with Crippen LogP contribution in [0.2, 0.25) is 0 Å². The van der Waals surface area contributed by atoms with Gasteiger partial charge in [-0.3, -0.25) is 9.59 Å². The van der Waals surface area contributed by atoms with Gasteiger partial charge in [0.2, 0.25) is 5.91 Å². The standard InChI is InChI=1S/C42H50N4O6/c1-5-6-7-8-9-22-52-35-20-16-29(17-21-35)32-25-43-38(44-26-32)30-12-10-28(11-13-30)23-36(40(49)46-27-34(47)24-37(46)41(50)51)45-39(48)31-14-18-33(19-15-31)42(2,3)4/h10-21,25-26,34,36-37,47H,5-9,22-24,27H2,1-4H3,(H,45,48)(H,50,51)/t34-,36-,37-/m0/s1. The Labute approximate surface area is 306 Å². The minimum absolute atomic E-state index is 0.0670. The van der Waals surface area contributed by atoms with Crippen molar-refractivity contribution in [3.8, 4) is 28.3 Å². The number of aromatic nitrogens is 2. The van der Waals surface area contributed by atoms with Crippen LogP contribution < -0.4 is 10.1 Å². The summed E-state index contributed by atoms with van der Waals surface area (Å²) in [5.41, 5.74) is 4.74. The minimum atomic E-state index is -1.20. The molecule has 3 N–H and O–H groups in total. The van der Waals surface area contributed by atoms with Crippen molar-refractivity contribution in [2.75, 3.05) is 13.2 Å². The first kappa shape index (κ1) is 38.1. The fourth-order valence-electron chi connectivity index (χ4n) is 6.35. The third kappa shape index (κ3) is 10.0. The highest BCUT2D eigenvalue weighted by Gasteiger charge is 2.41. The number of carbonyl (C=O) groups excluding carboxylic acids is 2. The van der Waals surface area contributed by atoms with Crippen LogP contribution in [-0.4, -0.2) is 74.2 Å². The van der Waals surface area contributed by atoms with Gasteiger partial charge in [-0.15, -0.1) is 0 Å². The Morgan fingerprint density at radius 3 is 2.12 bits per heavy atom. The second kappa shape index (κ2) is 17.4. The molecule has 0 unspecified atom stereocenters. The Kier molecular flexibility index (Phi) is 12.8. The molecule has 3 atom stereocenters. The number of carbonyl (C=O) groups is 3. The van der Waals surface area contributed by atoms with Gasteiger partial charge in [-0.1, -0.05) is 102 Å². The summed E-state index contributed by atoms with van der Waals surface area (Å²) in [4.78, 5) is 49.5. The van der Waals surface area contributed by atoms with Crippen molar-refractivity contribution in [1.29, 1.82) is 0 Å². The molecule has 0 bridgehead atoms. The quantitative estimate of drug-likeness (QED) is 0.114. The van der Waals surface area contributed by atoms with Gasteiger partial charge in [0.15, 0.2) is 5.82 Å². The summed E-state index contributed by atoms with van der Waals surface area (Å²) in [6.45, 7) is 9.05. The fraction of sp³-hybridized carbons (Fsp3) is 0.405. The van der Waals surface area contributed by atoms with Gasteiger partial charge in [0, 0.05) is 48.5 Å². The number of likely N-dealkylation sites (tertiary alicyclic amines) is 1. The lowest BCUT2D eigenvalue weighted by Gasteiger charge is -2.27. The van der Waals surface area contributed by atoms with E-state index in [1.54, 1.807) is 24.5 Å². The maximum absolute atomic E-state index is 13.8. The van der Waals surface area contributed by atoms with E-state index in [0.717, 1.165) is 44.9 Å². The molecule has 2 amide bonds. The van der Waals surface area contributed by atoms with Crippen molar-refractivity contribution < 1.29 is 29.3 Å². The predicted octanol–water partition coefficient (Wildman–Crippen LogP) is 6.84. The van der Waals surface area contributed by atoms with Crippen LogP contribution in [0, 0.1) is 0 Å². The maximum atomic E-state index is 13.8. The van der Waals surface area contributed by atoms with E-state index in [2.05, 4.69) is 43.0 Å². The normalized spacial score (nSPS) is 16.4. The first-order chi connectivity index (χ1) is 24.9. The SMILES string of the molecule is CCCCCCCOc1ccc(-c2cnc(-c3ccc(C[C@H](NC(=O)c4ccc(C(C)(C)C)cc4)C(=O)N4C[C@@H](O)C[C@H]4C(=O)O)cc3)nc2)cc1. The number of hydrogen-bond acceptors (Lipinski definition) is 7. The van der Waals surface area contributed by atoms with Gasteiger partial charge < -0.3 is 25.2 Å². The van der Waals surface area contributed by atoms with E-state index < -0.39 is 36.0 Å². The Balaban J connectivity index is 1.26. The van der Waals surface area contributed by atoms with Crippen molar-refractivity contribution in [2.24, 2.45) is 0 Å². The molecule has 1 aliphatic heterocycles. The van der Waals surface area contributed by atoms with E-state index in [4.69, 9.17) is 4.74 Å². The zero-order chi connectivity index (χ0) is 37.3. The van der Waals surface area contributed by atoms with E-state index in [0.29, 0.717) is 18.0 Å². The van der Waals surface area contributed by atoms with Gasteiger partial charge in [0.25, 0.3) is 5.91 Å². The smallest absolute Gasteiger partial charge is 0.326 e. The number of aliphatic hydroxyl groups is 1. The average molecular weight is 707 g/mol. The van der Waals surface area contributed by atoms with Crippen LogP contribution in [0.1, 0.15) is 87.7 Å². The van der Waals surface area contributed by atoms with Crippen LogP contribution in [0.3, 0.4) is 0 Å². The molecule has 3 aromatic carbocycles. The maximum Gasteiger partial charge on any atom is 0.326 e. The van der Waals surface area contributed by atoms with E-state index in [1.165, 1.54) is 25.7 Å². The summed E-state index contributed by atoms with van der Waals surface area (Å²) < 4.78 is 5.89. The van der Waals surface area contributed by atoms with Crippen LogP contribution in [0.4, 0.5) is 0 Å². The molecular weight excluding hydrogens is 656 g/mol. The molecule has 1 fully saturated rings. The van der Waals surface area contributed by atoms with E-state index in [1.807, 2.05) is 60.7 Å². The molecule has 1 aliphatic rings. The molecule has 0 spiro atoms. The summed E-state index contributed by atoms with van der Waals surface area (Å²) in [7, 11) is 0. The van der Waals surface area contributed by atoms with Crippen LogP contribution in [0.5, 0.6) is 5.75 Å². The first-order valence-corrected chi connectivity index (χ1v) is 18.2. The number of benzene rings is 3. The number of carboxylic acids is 1. The number of aliphatic hydroxyl groups excluding tert-OH is 1. The number of nitrogens with zero attached hydrogens (tertiary/aromatic N) is 3. The van der Waals surface area contributed by atoms with E-state index >= 15 is 0 Å². The molecule has 274 valence electrons. The highest BCUT2D eigenvalue weighted by molar-refractivity contribution is 5.98. The molecule has 2 heterocycles. The van der Waals surface area contributed by atoms with Crippen LogP contribution in [0.25, 0.3) is 22.5 Å². The van der Waals surface area contributed by atoms with Crippen LogP contribution >= 0.6 is 0 Å². The number of aliphatic carboxylic acids is 1. The molecule has 10 heteroatoms. The first-order valence-electron chi connectivity index (χ1n) is 18.2. The number of rotatable bonds is 15. The molecular formula is C42H50N4O6. The highest BCUT2D eigenvalue weighted by Crippen LogP contribution is 2.26. The zero-order valence-electron chi connectivity index (χ0n) is 30.5. The summed E-state index contributed by atoms with van der Waals surface area (Å²) in [6.07, 6.45) is 8.62. The summed E-state index contributed by atoms with van der Waals surface area (Å²) in [5.74, 6) is -0.829. The van der Waals surface area contributed by atoms with Gasteiger partial charge in [-0.05, 0) is 52.8 Å². The van der Waals surface area contributed by atoms with Gasteiger partial charge in [0.1, 0.15) is 17.8 Å². The lowest BCUT2D eigenvalue weighted by molar-refractivity contribution is -0.148. The molecule has 4 aromatic rings. The zero-order valence-corrected chi connectivity index (χ0v) is 30.5. The number of hydrogen-bond donors (Lipinski definition) is 3. The van der Waals surface area contributed by atoms with Gasteiger partial charge >= 0.3 is 5.97 Å². The van der Waals surface area contributed by atoms with Crippen molar-refractivity contribution >= 4 is 17.8 Å². The molecule has 52 heavy (non-hydrogen) atoms.